The van der Waals surface area contributed by atoms with E-state index in [2.05, 4.69) is 38.0 Å². The summed E-state index contributed by atoms with van der Waals surface area (Å²) >= 11 is 4.76. The molecule has 8 heteroatoms. The van der Waals surface area contributed by atoms with Crippen molar-refractivity contribution in [3.8, 4) is 17.1 Å². The van der Waals surface area contributed by atoms with Gasteiger partial charge in [-0.3, -0.25) is 9.36 Å². The van der Waals surface area contributed by atoms with Crippen LogP contribution in [-0.4, -0.2) is 33.5 Å². The molecule has 1 amide bonds. The number of halogens is 1. The van der Waals surface area contributed by atoms with Crippen molar-refractivity contribution in [1.29, 1.82) is 0 Å². The third-order valence-corrected chi connectivity index (χ3v) is 5.34. The minimum absolute atomic E-state index is 0.146. The van der Waals surface area contributed by atoms with Crippen LogP contribution >= 0.6 is 27.7 Å². The van der Waals surface area contributed by atoms with E-state index in [4.69, 9.17) is 4.74 Å². The number of amides is 1. The van der Waals surface area contributed by atoms with Crippen LogP contribution in [0.1, 0.15) is 0 Å². The van der Waals surface area contributed by atoms with Gasteiger partial charge in [0.15, 0.2) is 11.0 Å². The molecular formula is C20H19BrN4O2S. The van der Waals surface area contributed by atoms with Gasteiger partial charge in [0.05, 0.1) is 18.6 Å². The summed E-state index contributed by atoms with van der Waals surface area (Å²) in [6.07, 6.45) is 1.78. The highest BCUT2D eigenvalue weighted by Gasteiger charge is 2.15. The highest BCUT2D eigenvalue weighted by molar-refractivity contribution is 9.10. The summed E-state index contributed by atoms with van der Waals surface area (Å²) in [6.45, 7) is 4.36. The van der Waals surface area contributed by atoms with E-state index in [0.29, 0.717) is 23.1 Å². The Labute approximate surface area is 176 Å². The summed E-state index contributed by atoms with van der Waals surface area (Å²) in [7, 11) is 1.57. The molecule has 0 unspecified atom stereocenters. The Morgan fingerprint density at radius 1 is 1.25 bits per heavy atom. The lowest BCUT2D eigenvalue weighted by Crippen LogP contribution is -2.15. The predicted molar refractivity (Wildman–Crippen MR) is 116 cm³/mol. The molecular weight excluding hydrogens is 440 g/mol. The van der Waals surface area contributed by atoms with E-state index in [1.807, 2.05) is 41.0 Å². The normalized spacial score (nSPS) is 10.5. The molecule has 0 radical (unpaired) electrons. The molecule has 0 spiro atoms. The van der Waals surface area contributed by atoms with Crippen molar-refractivity contribution in [1.82, 2.24) is 14.8 Å². The standard InChI is InChI=1S/C20H19BrN4O2S/c1-3-12-25-19(14-8-10-15(21)11-9-14)23-24-20(25)28-13-18(26)22-16-6-4-5-7-17(16)27-2/h3-11H,1,12-13H2,2H3,(H,22,26). The summed E-state index contributed by atoms with van der Waals surface area (Å²) in [5.41, 5.74) is 1.58. The molecule has 3 rings (SSSR count). The molecule has 3 aromatic rings. The quantitative estimate of drug-likeness (QED) is 0.393. The molecule has 0 saturated heterocycles. The summed E-state index contributed by atoms with van der Waals surface area (Å²) in [6, 6.07) is 15.1. The van der Waals surface area contributed by atoms with Gasteiger partial charge in [0.2, 0.25) is 5.91 Å². The average molecular weight is 459 g/mol. The van der Waals surface area contributed by atoms with Crippen molar-refractivity contribution >= 4 is 39.3 Å². The molecule has 0 atom stereocenters. The Hall–Kier alpha value is -2.58. The molecule has 0 aliphatic heterocycles. The SMILES string of the molecule is C=CCn1c(SCC(=O)Nc2ccccc2OC)nnc1-c1ccc(Br)cc1. The summed E-state index contributed by atoms with van der Waals surface area (Å²) < 4.78 is 8.19. The van der Waals surface area contributed by atoms with Gasteiger partial charge >= 0.3 is 0 Å². The van der Waals surface area contributed by atoms with E-state index in [-0.39, 0.29) is 11.7 Å². The number of benzene rings is 2. The maximum Gasteiger partial charge on any atom is 0.234 e. The topological polar surface area (TPSA) is 69.0 Å². The Kier molecular flexibility index (Phi) is 6.89. The van der Waals surface area contributed by atoms with Crippen LogP contribution in [0.2, 0.25) is 0 Å². The zero-order valence-corrected chi connectivity index (χ0v) is 17.7. The van der Waals surface area contributed by atoms with Gasteiger partial charge in [-0.25, -0.2) is 0 Å². The third-order valence-electron chi connectivity index (χ3n) is 3.84. The first-order valence-corrected chi connectivity index (χ1v) is 10.3. The molecule has 0 bridgehead atoms. The molecule has 1 heterocycles. The molecule has 0 aliphatic rings. The van der Waals surface area contributed by atoms with Crippen molar-refractivity contribution < 1.29 is 9.53 Å². The smallest absolute Gasteiger partial charge is 0.234 e. The van der Waals surface area contributed by atoms with Crippen LogP contribution in [0.3, 0.4) is 0 Å². The van der Waals surface area contributed by atoms with Gasteiger partial charge < -0.3 is 10.1 Å². The Balaban J connectivity index is 1.72. The molecule has 1 aromatic heterocycles. The Morgan fingerprint density at radius 3 is 2.71 bits per heavy atom. The Morgan fingerprint density at radius 2 is 2.00 bits per heavy atom. The minimum atomic E-state index is -0.146. The van der Waals surface area contributed by atoms with E-state index in [0.717, 1.165) is 15.9 Å². The van der Waals surface area contributed by atoms with E-state index in [9.17, 15) is 4.79 Å². The predicted octanol–water partition coefficient (Wildman–Crippen LogP) is 4.63. The Bertz CT molecular complexity index is 973. The number of carbonyl (C=O) groups is 1. The largest absolute Gasteiger partial charge is 0.495 e. The van der Waals surface area contributed by atoms with Crippen LogP contribution in [0.5, 0.6) is 5.75 Å². The number of nitrogens with one attached hydrogen (secondary N) is 1. The number of aromatic nitrogens is 3. The zero-order chi connectivity index (χ0) is 19.9. The van der Waals surface area contributed by atoms with Gasteiger partial charge in [0, 0.05) is 16.6 Å². The van der Waals surface area contributed by atoms with Gasteiger partial charge in [-0.05, 0) is 24.3 Å². The second-order valence-corrected chi connectivity index (χ2v) is 7.61. The van der Waals surface area contributed by atoms with Gasteiger partial charge in [-0.15, -0.1) is 16.8 Å². The zero-order valence-electron chi connectivity index (χ0n) is 15.3. The number of hydrogen-bond donors (Lipinski definition) is 1. The van der Waals surface area contributed by atoms with Crippen LogP contribution in [0, 0.1) is 0 Å². The van der Waals surface area contributed by atoms with Gasteiger partial charge in [-0.2, -0.15) is 0 Å². The number of methoxy groups -OCH3 is 1. The van der Waals surface area contributed by atoms with E-state index in [1.165, 1.54) is 11.8 Å². The van der Waals surface area contributed by atoms with Crippen molar-refractivity contribution in [2.45, 2.75) is 11.7 Å². The summed E-state index contributed by atoms with van der Waals surface area (Å²) in [5, 5.41) is 12.1. The highest BCUT2D eigenvalue weighted by Crippen LogP contribution is 2.26. The van der Waals surface area contributed by atoms with Crippen LogP contribution in [0.25, 0.3) is 11.4 Å². The molecule has 2 aromatic carbocycles. The number of allylic oxidation sites excluding steroid dienone is 1. The van der Waals surface area contributed by atoms with Crippen LogP contribution in [0.4, 0.5) is 5.69 Å². The fourth-order valence-corrected chi connectivity index (χ4v) is 3.58. The highest BCUT2D eigenvalue weighted by atomic mass is 79.9. The average Bonchev–Trinajstić information content (AvgIpc) is 3.10. The van der Waals surface area contributed by atoms with Crippen molar-refractivity contribution in [3.63, 3.8) is 0 Å². The molecule has 0 fully saturated rings. The molecule has 0 saturated carbocycles. The van der Waals surface area contributed by atoms with Gasteiger partial charge in [0.25, 0.3) is 0 Å². The van der Waals surface area contributed by atoms with E-state index >= 15 is 0 Å². The van der Waals surface area contributed by atoms with Crippen LogP contribution in [0.15, 0.2) is 70.8 Å². The molecule has 144 valence electrons. The minimum Gasteiger partial charge on any atom is -0.495 e. The first-order chi connectivity index (χ1) is 13.6. The van der Waals surface area contributed by atoms with Gasteiger partial charge in [0.1, 0.15) is 5.75 Å². The third kappa shape index (κ3) is 4.82. The number of nitrogens with zero attached hydrogens (tertiary/aromatic N) is 3. The lowest BCUT2D eigenvalue weighted by Gasteiger charge is -2.10. The first-order valence-electron chi connectivity index (χ1n) is 8.48. The second kappa shape index (κ2) is 9.57. The molecule has 0 aliphatic carbocycles. The fraction of sp³-hybridized carbons (Fsp3) is 0.150. The second-order valence-electron chi connectivity index (χ2n) is 5.75. The maximum absolute atomic E-state index is 12.4. The van der Waals surface area contributed by atoms with Crippen molar-refractivity contribution in [2.24, 2.45) is 0 Å². The fourth-order valence-electron chi connectivity index (χ4n) is 2.57. The van der Waals surface area contributed by atoms with E-state index < -0.39 is 0 Å². The molecule has 28 heavy (non-hydrogen) atoms. The number of carbonyl (C=O) groups excluding carboxylic acids is 1. The van der Waals surface area contributed by atoms with Crippen molar-refractivity contribution in [2.75, 3.05) is 18.2 Å². The van der Waals surface area contributed by atoms with Crippen LogP contribution < -0.4 is 10.1 Å². The summed E-state index contributed by atoms with van der Waals surface area (Å²) in [4.78, 5) is 12.4. The lowest BCUT2D eigenvalue weighted by molar-refractivity contribution is -0.113. The van der Waals surface area contributed by atoms with Crippen molar-refractivity contribution in [3.05, 3.63) is 65.7 Å². The molecule has 6 nitrogen and oxygen atoms in total. The van der Waals surface area contributed by atoms with E-state index in [1.54, 1.807) is 25.3 Å². The molecule has 1 N–H and O–H groups in total. The number of thioether (sulfide) groups is 1. The first kappa shape index (κ1) is 20.2. The number of hydrogen-bond acceptors (Lipinski definition) is 5. The number of ether oxygens (including phenoxy) is 1. The van der Waals surface area contributed by atoms with Gasteiger partial charge in [-0.1, -0.05) is 58.0 Å². The summed E-state index contributed by atoms with van der Waals surface area (Å²) in [5.74, 6) is 1.41. The van der Waals surface area contributed by atoms with Crippen LogP contribution in [-0.2, 0) is 11.3 Å². The number of anilines is 1. The maximum atomic E-state index is 12.4. The lowest BCUT2D eigenvalue weighted by atomic mass is 10.2. The monoisotopic (exact) mass is 458 g/mol. The number of rotatable bonds is 8. The number of para-hydroxylation sites is 2.